The third-order valence-corrected chi connectivity index (χ3v) is 17.1. The summed E-state index contributed by atoms with van der Waals surface area (Å²) >= 11 is 0. The van der Waals surface area contributed by atoms with E-state index < -0.39 is 19.5 Å². The average Bonchev–Trinajstić information content (AvgIpc) is 3.43. The van der Waals surface area contributed by atoms with Crippen LogP contribution in [0.4, 0.5) is 0 Å². The van der Waals surface area contributed by atoms with Crippen LogP contribution in [0, 0.1) is 34.5 Å². The van der Waals surface area contributed by atoms with Crippen LogP contribution in [0.5, 0.6) is 0 Å². The Bertz CT molecular complexity index is 1110. The zero-order valence-electron chi connectivity index (χ0n) is 26.8. The van der Waals surface area contributed by atoms with Crippen molar-refractivity contribution in [3.63, 3.8) is 0 Å². The number of ether oxygens (including phenoxy) is 3. The maximum absolute atomic E-state index is 13.6. The minimum atomic E-state index is -2.09. The standard InChI is InChI=1S/C35H54O5Si/c1-32(2,3)41(7,8)40-27-18-17-24-28-29(26(20-35(24,27)22-36)37-21-23-14-10-9-11-15-23)34(6)19-13-12-16-25(34)30-31(28)39-33(4,5)38-30/h9-11,14-15,22,24-31H,12-13,16-21H2,1-8H3/t24?,25?,26-,27-,28?,29?,30+,31+,34-,35+/m0/s1. The van der Waals surface area contributed by atoms with Crippen LogP contribution in [0.2, 0.25) is 18.1 Å². The first kappa shape index (κ1) is 30.0. The Hall–Kier alpha value is -1.05. The molecule has 228 valence electrons. The van der Waals surface area contributed by atoms with Crippen molar-refractivity contribution in [1.29, 1.82) is 0 Å². The molecule has 41 heavy (non-hydrogen) atoms. The van der Waals surface area contributed by atoms with E-state index in [2.05, 4.69) is 85.0 Å². The first-order valence-electron chi connectivity index (χ1n) is 16.4. The highest BCUT2D eigenvalue weighted by atomic mass is 28.4. The Kier molecular flexibility index (Phi) is 7.50. The van der Waals surface area contributed by atoms with Gasteiger partial charge in [-0.25, -0.2) is 0 Å². The van der Waals surface area contributed by atoms with E-state index in [1.807, 2.05) is 0 Å². The van der Waals surface area contributed by atoms with E-state index >= 15 is 0 Å². The van der Waals surface area contributed by atoms with Crippen LogP contribution in [0.1, 0.15) is 92.1 Å². The van der Waals surface area contributed by atoms with Gasteiger partial charge in [0, 0.05) is 0 Å². The zero-order chi connectivity index (χ0) is 29.4. The van der Waals surface area contributed by atoms with Crippen molar-refractivity contribution >= 4 is 14.6 Å². The van der Waals surface area contributed by atoms with Gasteiger partial charge in [-0.3, -0.25) is 0 Å². The second-order valence-corrected chi connectivity index (χ2v) is 21.1. The molecule has 0 amide bonds. The number of carbonyl (C=O) groups is 1. The Morgan fingerprint density at radius 3 is 2.37 bits per heavy atom. The van der Waals surface area contributed by atoms with Crippen LogP contribution in [0.15, 0.2) is 30.3 Å². The molecule has 5 fully saturated rings. The first-order valence-corrected chi connectivity index (χ1v) is 19.3. The van der Waals surface area contributed by atoms with E-state index in [4.69, 9.17) is 18.6 Å². The van der Waals surface area contributed by atoms with Gasteiger partial charge in [0.15, 0.2) is 14.1 Å². The van der Waals surface area contributed by atoms with Crippen molar-refractivity contribution < 1.29 is 23.4 Å². The van der Waals surface area contributed by atoms with Gasteiger partial charge in [-0.2, -0.15) is 0 Å². The van der Waals surface area contributed by atoms with E-state index in [1.54, 1.807) is 0 Å². The van der Waals surface area contributed by atoms with E-state index in [9.17, 15) is 4.79 Å². The molecule has 1 saturated heterocycles. The summed E-state index contributed by atoms with van der Waals surface area (Å²) in [4.78, 5) is 13.6. The summed E-state index contributed by atoms with van der Waals surface area (Å²) < 4.78 is 27.9. The maximum atomic E-state index is 13.6. The van der Waals surface area contributed by atoms with Crippen molar-refractivity contribution in [1.82, 2.24) is 0 Å². The predicted octanol–water partition coefficient (Wildman–Crippen LogP) is 7.92. The summed E-state index contributed by atoms with van der Waals surface area (Å²) in [6, 6.07) is 10.5. The summed E-state index contributed by atoms with van der Waals surface area (Å²) in [6.07, 6.45) is 8.87. The molecule has 1 heterocycles. The molecule has 4 aliphatic carbocycles. The number of fused-ring (bicyclic) bond motifs is 8. The van der Waals surface area contributed by atoms with Gasteiger partial charge in [0.05, 0.1) is 36.4 Å². The van der Waals surface area contributed by atoms with Gasteiger partial charge >= 0.3 is 0 Å². The lowest BCUT2D eigenvalue weighted by atomic mass is 9.43. The molecular weight excluding hydrogens is 528 g/mol. The van der Waals surface area contributed by atoms with Gasteiger partial charge in [0.2, 0.25) is 0 Å². The van der Waals surface area contributed by atoms with Crippen LogP contribution >= 0.6 is 0 Å². The lowest BCUT2D eigenvalue weighted by molar-refractivity contribution is -0.230. The average molecular weight is 583 g/mol. The van der Waals surface area contributed by atoms with Crippen molar-refractivity contribution in [2.45, 2.75) is 141 Å². The van der Waals surface area contributed by atoms with Crippen molar-refractivity contribution in [3.8, 4) is 0 Å². The quantitative estimate of drug-likeness (QED) is 0.252. The summed E-state index contributed by atoms with van der Waals surface area (Å²) in [7, 11) is -2.09. The minimum absolute atomic E-state index is 0.00903. The number of carbonyl (C=O) groups excluding carboxylic acids is 1. The molecule has 0 spiro atoms. The fourth-order valence-corrected chi connectivity index (χ4v) is 11.2. The number of rotatable bonds is 6. The molecule has 1 aliphatic heterocycles. The second kappa shape index (κ2) is 10.3. The Morgan fingerprint density at radius 1 is 0.976 bits per heavy atom. The molecule has 6 rings (SSSR count). The molecule has 0 bridgehead atoms. The van der Waals surface area contributed by atoms with Crippen LogP contribution in [-0.2, 0) is 30.0 Å². The SMILES string of the molecule is CC1(C)O[C@@H]2C3C([C@@H](OCc4ccccc4)C[C@@]4(C=O)C3CC[C@@H]4O[Si](C)(C)C(C)(C)C)[C@@]3(C)CCCCC3[C@H]2O1. The number of hydrogen-bond acceptors (Lipinski definition) is 5. The largest absolute Gasteiger partial charge is 0.413 e. The summed E-state index contributed by atoms with van der Waals surface area (Å²) in [5, 5.41) is 0.0841. The van der Waals surface area contributed by atoms with Crippen LogP contribution in [0.25, 0.3) is 0 Å². The molecular formula is C35H54O5Si. The number of aldehydes is 1. The molecule has 5 nitrogen and oxygen atoms in total. The van der Waals surface area contributed by atoms with Crippen LogP contribution < -0.4 is 0 Å². The molecule has 1 aromatic rings. The lowest BCUT2D eigenvalue weighted by Crippen LogP contribution is -2.67. The monoisotopic (exact) mass is 582 g/mol. The van der Waals surface area contributed by atoms with Crippen molar-refractivity contribution in [2.24, 2.45) is 34.5 Å². The van der Waals surface area contributed by atoms with Gasteiger partial charge < -0.3 is 23.4 Å². The molecule has 0 N–H and O–H groups in total. The zero-order valence-corrected chi connectivity index (χ0v) is 27.8. The van der Waals surface area contributed by atoms with E-state index in [-0.39, 0.29) is 46.7 Å². The van der Waals surface area contributed by atoms with Gasteiger partial charge in [-0.05, 0) is 98.7 Å². The molecule has 6 heteroatoms. The number of hydrogen-bond donors (Lipinski definition) is 0. The maximum Gasteiger partial charge on any atom is 0.192 e. The molecule has 5 aliphatic rings. The smallest absolute Gasteiger partial charge is 0.192 e. The van der Waals surface area contributed by atoms with Crippen molar-refractivity contribution in [2.75, 3.05) is 0 Å². The highest BCUT2D eigenvalue weighted by Crippen LogP contribution is 2.69. The van der Waals surface area contributed by atoms with Gasteiger partial charge in [0.1, 0.15) is 6.29 Å². The lowest BCUT2D eigenvalue weighted by Gasteiger charge is -2.64. The van der Waals surface area contributed by atoms with Gasteiger partial charge in [0.25, 0.3) is 0 Å². The van der Waals surface area contributed by atoms with Gasteiger partial charge in [-0.1, -0.05) is 70.9 Å². The highest BCUT2D eigenvalue weighted by molar-refractivity contribution is 6.74. The molecule has 4 unspecified atom stereocenters. The molecule has 1 aromatic carbocycles. The number of benzene rings is 1. The normalized spacial score (nSPS) is 43.5. The third-order valence-electron chi connectivity index (χ3n) is 12.7. The summed E-state index contributed by atoms with van der Waals surface area (Å²) in [5.74, 6) is 0.617. The molecule has 0 radical (unpaired) electrons. The van der Waals surface area contributed by atoms with E-state index in [0.29, 0.717) is 18.4 Å². The topological polar surface area (TPSA) is 54.0 Å². The van der Waals surface area contributed by atoms with E-state index in [1.165, 1.54) is 37.5 Å². The third kappa shape index (κ3) is 4.83. The Morgan fingerprint density at radius 2 is 1.68 bits per heavy atom. The fourth-order valence-electron chi connectivity index (χ4n) is 9.83. The minimum Gasteiger partial charge on any atom is -0.413 e. The van der Waals surface area contributed by atoms with Gasteiger partial charge in [-0.15, -0.1) is 0 Å². The van der Waals surface area contributed by atoms with Crippen LogP contribution in [-0.4, -0.2) is 44.8 Å². The van der Waals surface area contributed by atoms with Crippen molar-refractivity contribution in [3.05, 3.63) is 35.9 Å². The fraction of sp³-hybridized carbons (Fsp3) is 0.800. The summed E-state index contributed by atoms with van der Waals surface area (Å²) in [5.41, 5.74) is 0.728. The van der Waals surface area contributed by atoms with Crippen LogP contribution in [0.3, 0.4) is 0 Å². The first-order chi connectivity index (χ1) is 19.2. The molecule has 4 saturated carbocycles. The van der Waals surface area contributed by atoms with E-state index in [0.717, 1.165) is 19.3 Å². The highest BCUT2D eigenvalue weighted by Gasteiger charge is 2.72. The molecule has 0 aromatic heterocycles. The second-order valence-electron chi connectivity index (χ2n) is 16.3. The molecule has 10 atom stereocenters. The summed E-state index contributed by atoms with van der Waals surface area (Å²) in [6.45, 7) is 18.8. The predicted molar refractivity (Wildman–Crippen MR) is 164 cm³/mol. The Labute approximate surface area is 249 Å². The Balaban J connectivity index is 1.44.